The molecule has 0 atom stereocenters. The van der Waals surface area contributed by atoms with E-state index >= 15 is 0 Å². The molecule has 0 aliphatic rings. The van der Waals surface area contributed by atoms with Gasteiger partial charge in [-0.2, -0.15) is 0 Å². The van der Waals surface area contributed by atoms with Crippen molar-refractivity contribution in [2.24, 2.45) is 0 Å². The van der Waals surface area contributed by atoms with Crippen LogP contribution in [0.2, 0.25) is 0 Å². The van der Waals surface area contributed by atoms with E-state index < -0.39 is 8.80 Å². The molecule has 0 radical (unpaired) electrons. The van der Waals surface area contributed by atoms with Crippen LogP contribution in [0.3, 0.4) is 0 Å². The minimum Gasteiger partial charge on any atom is -0.377 e. The van der Waals surface area contributed by atoms with Gasteiger partial charge in [-0.1, -0.05) is 18.2 Å². The Labute approximate surface area is 127 Å². The van der Waals surface area contributed by atoms with Gasteiger partial charge in [0.2, 0.25) is 0 Å². The largest absolute Gasteiger partial charge is 0.504 e. The maximum atomic E-state index is 5.50. The summed E-state index contributed by atoms with van der Waals surface area (Å²) in [6, 6.07) is 13.3. The topological polar surface area (TPSA) is 32.6 Å². The monoisotopic (exact) mass is 305 g/mol. The smallest absolute Gasteiger partial charge is 0.377 e. The first kappa shape index (κ1) is 16.0. The average Bonchev–Trinajstić information content (AvgIpc) is 3.02. The summed E-state index contributed by atoms with van der Waals surface area (Å²) in [6.45, 7) is 3.10. The molecule has 0 saturated heterocycles. The van der Waals surface area contributed by atoms with E-state index in [9.17, 15) is 0 Å². The Hall–Kier alpha value is -1.40. The molecule has 0 saturated carbocycles. The molecule has 0 fully saturated rings. The average molecular weight is 305 g/mol. The highest BCUT2D eigenvalue weighted by molar-refractivity contribution is 6.60. The van der Waals surface area contributed by atoms with E-state index in [2.05, 4.69) is 54.1 Å². The molecule has 2 aromatic rings. The van der Waals surface area contributed by atoms with E-state index in [4.69, 9.17) is 13.3 Å². The normalized spacial score (nSPS) is 11.8. The summed E-state index contributed by atoms with van der Waals surface area (Å²) < 4.78 is 18.7. The molecule has 0 aliphatic carbocycles. The first-order valence-corrected chi connectivity index (χ1v) is 9.01. The fourth-order valence-corrected chi connectivity index (χ4v) is 4.16. The van der Waals surface area contributed by atoms with Crippen LogP contribution in [0.5, 0.6) is 0 Å². The van der Waals surface area contributed by atoms with Crippen LogP contribution in [0.15, 0.2) is 42.6 Å². The standard InChI is InChI=1S/C16H23NO3Si/c1-5-17-11-7-10-16(17)15-9-6-8-14(12-15)13-21(18-2,19-3)20-4/h6-12H,5,13H2,1-4H3. The Morgan fingerprint density at radius 2 is 1.71 bits per heavy atom. The highest BCUT2D eigenvalue weighted by atomic mass is 28.4. The lowest BCUT2D eigenvalue weighted by molar-refractivity contribution is 0.122. The molecule has 1 aromatic carbocycles. The second kappa shape index (κ2) is 7.04. The Morgan fingerprint density at radius 3 is 2.33 bits per heavy atom. The summed E-state index contributed by atoms with van der Waals surface area (Å²) in [4.78, 5) is 0. The van der Waals surface area contributed by atoms with Crippen LogP contribution < -0.4 is 0 Å². The first-order chi connectivity index (χ1) is 10.2. The van der Waals surface area contributed by atoms with E-state index in [0.717, 1.165) is 12.1 Å². The van der Waals surface area contributed by atoms with Crippen molar-refractivity contribution in [1.82, 2.24) is 4.57 Å². The molecule has 1 heterocycles. The summed E-state index contributed by atoms with van der Waals surface area (Å²) in [6.07, 6.45) is 2.10. The number of aryl methyl sites for hydroxylation is 1. The minimum atomic E-state index is -2.59. The van der Waals surface area contributed by atoms with Gasteiger partial charge in [0.05, 0.1) is 0 Å². The second-order valence-electron chi connectivity index (χ2n) is 4.85. The van der Waals surface area contributed by atoms with Gasteiger partial charge in [-0.05, 0) is 36.2 Å². The maximum Gasteiger partial charge on any atom is 0.504 e. The Balaban J connectivity index is 2.30. The van der Waals surface area contributed by atoms with Crippen molar-refractivity contribution in [2.75, 3.05) is 21.3 Å². The number of aromatic nitrogens is 1. The van der Waals surface area contributed by atoms with Crippen molar-refractivity contribution in [3.8, 4) is 11.3 Å². The number of benzene rings is 1. The van der Waals surface area contributed by atoms with Crippen LogP contribution in [0.25, 0.3) is 11.3 Å². The number of hydrogen-bond acceptors (Lipinski definition) is 3. The van der Waals surface area contributed by atoms with Gasteiger partial charge in [0, 0.05) is 45.8 Å². The van der Waals surface area contributed by atoms with Crippen LogP contribution in [0.1, 0.15) is 12.5 Å². The highest BCUT2D eigenvalue weighted by Gasteiger charge is 2.38. The highest BCUT2D eigenvalue weighted by Crippen LogP contribution is 2.23. The molecule has 0 spiro atoms. The zero-order valence-electron chi connectivity index (χ0n) is 13.1. The lowest BCUT2D eigenvalue weighted by Crippen LogP contribution is -2.45. The van der Waals surface area contributed by atoms with E-state index in [1.165, 1.54) is 11.3 Å². The number of hydrogen-bond donors (Lipinski definition) is 0. The molecule has 0 amide bonds. The van der Waals surface area contributed by atoms with Gasteiger partial charge in [0.1, 0.15) is 0 Å². The fraction of sp³-hybridized carbons (Fsp3) is 0.375. The molecule has 2 rings (SSSR count). The zero-order valence-corrected chi connectivity index (χ0v) is 14.1. The van der Waals surface area contributed by atoms with Crippen molar-refractivity contribution < 1.29 is 13.3 Å². The summed E-state index contributed by atoms with van der Waals surface area (Å²) in [5.74, 6) is 0. The second-order valence-corrected chi connectivity index (χ2v) is 7.80. The van der Waals surface area contributed by atoms with Crippen LogP contribution in [-0.2, 0) is 25.9 Å². The van der Waals surface area contributed by atoms with Crippen LogP contribution in [0, 0.1) is 0 Å². The Bertz CT molecular complexity index is 570. The van der Waals surface area contributed by atoms with E-state index in [1.54, 1.807) is 21.3 Å². The van der Waals surface area contributed by atoms with Gasteiger partial charge in [-0.25, -0.2) is 0 Å². The van der Waals surface area contributed by atoms with E-state index in [-0.39, 0.29) is 0 Å². The maximum absolute atomic E-state index is 5.50. The molecule has 4 nitrogen and oxygen atoms in total. The lowest BCUT2D eigenvalue weighted by Gasteiger charge is -2.24. The molecule has 114 valence electrons. The molecule has 0 aliphatic heterocycles. The van der Waals surface area contributed by atoms with Crippen molar-refractivity contribution in [3.05, 3.63) is 48.2 Å². The molecule has 0 N–H and O–H groups in total. The lowest BCUT2D eigenvalue weighted by atomic mass is 10.1. The molecule has 0 bridgehead atoms. The van der Waals surface area contributed by atoms with Crippen LogP contribution >= 0.6 is 0 Å². The third kappa shape index (κ3) is 3.44. The SMILES string of the molecule is CCn1cccc1-c1cccc(C[Si](OC)(OC)OC)c1. The fourth-order valence-electron chi connectivity index (χ4n) is 2.51. The summed E-state index contributed by atoms with van der Waals surface area (Å²) >= 11 is 0. The van der Waals surface area contributed by atoms with Gasteiger partial charge in [-0.3, -0.25) is 0 Å². The third-order valence-corrected chi connectivity index (χ3v) is 6.45. The van der Waals surface area contributed by atoms with Crippen molar-refractivity contribution >= 4 is 8.80 Å². The Morgan fingerprint density at radius 1 is 1.00 bits per heavy atom. The van der Waals surface area contributed by atoms with E-state index in [0.29, 0.717) is 6.04 Å². The third-order valence-electron chi connectivity index (χ3n) is 3.75. The predicted octanol–water partition coefficient (Wildman–Crippen LogP) is 3.13. The van der Waals surface area contributed by atoms with Gasteiger partial charge in [-0.15, -0.1) is 0 Å². The molecular formula is C16H23NO3Si. The van der Waals surface area contributed by atoms with Gasteiger partial charge in [0.15, 0.2) is 0 Å². The van der Waals surface area contributed by atoms with Gasteiger partial charge < -0.3 is 17.8 Å². The minimum absolute atomic E-state index is 0.664. The summed E-state index contributed by atoms with van der Waals surface area (Å²) in [5, 5.41) is 0. The number of nitrogens with zero attached hydrogens (tertiary/aromatic N) is 1. The zero-order chi connectivity index (χ0) is 15.3. The van der Waals surface area contributed by atoms with Gasteiger partial charge >= 0.3 is 8.80 Å². The first-order valence-electron chi connectivity index (χ1n) is 7.08. The van der Waals surface area contributed by atoms with E-state index in [1.807, 2.05) is 0 Å². The molecule has 5 heteroatoms. The van der Waals surface area contributed by atoms with Crippen LogP contribution in [-0.4, -0.2) is 34.7 Å². The van der Waals surface area contributed by atoms with Gasteiger partial charge in [0.25, 0.3) is 0 Å². The molecule has 0 unspecified atom stereocenters. The molecule has 21 heavy (non-hydrogen) atoms. The molecular weight excluding hydrogens is 282 g/mol. The molecule has 1 aromatic heterocycles. The summed E-state index contributed by atoms with van der Waals surface area (Å²) in [7, 11) is 2.34. The van der Waals surface area contributed by atoms with Crippen molar-refractivity contribution in [3.63, 3.8) is 0 Å². The summed E-state index contributed by atoms with van der Waals surface area (Å²) in [5.41, 5.74) is 3.58. The predicted molar refractivity (Wildman–Crippen MR) is 86.0 cm³/mol. The quantitative estimate of drug-likeness (QED) is 0.737. The van der Waals surface area contributed by atoms with Crippen molar-refractivity contribution in [1.29, 1.82) is 0 Å². The van der Waals surface area contributed by atoms with Crippen molar-refractivity contribution in [2.45, 2.75) is 19.5 Å². The number of rotatable bonds is 7. The van der Waals surface area contributed by atoms with Crippen LogP contribution in [0.4, 0.5) is 0 Å². The Kier molecular flexibility index (Phi) is 5.36.